The number of aromatic hydroxyl groups is 1. The molecule has 0 fully saturated rings. The zero-order valence-corrected chi connectivity index (χ0v) is 14.0. The summed E-state index contributed by atoms with van der Waals surface area (Å²) in [4.78, 5) is 0. The second kappa shape index (κ2) is 4.86. The van der Waals surface area contributed by atoms with E-state index in [1.54, 1.807) is 12.1 Å². The van der Waals surface area contributed by atoms with E-state index in [-0.39, 0.29) is 5.75 Å². The Hall–Kier alpha value is -1.77. The number of aryl methyl sites for hydroxylation is 1. The lowest BCUT2D eigenvalue weighted by Gasteiger charge is -2.23. The Bertz CT molecular complexity index is 904. The molecule has 4 rings (SSSR count). The summed E-state index contributed by atoms with van der Waals surface area (Å²) in [5.74, 6) is 0.264. The summed E-state index contributed by atoms with van der Waals surface area (Å²) >= 11 is 6.75. The van der Waals surface area contributed by atoms with E-state index in [0.29, 0.717) is 6.42 Å². The minimum Gasteiger partial charge on any atom is -0.508 e. The predicted octanol–water partition coefficient (Wildman–Crippen LogP) is 4.78. The van der Waals surface area contributed by atoms with Crippen LogP contribution >= 0.6 is 11.6 Å². The molecule has 2 aliphatic carbocycles. The van der Waals surface area contributed by atoms with E-state index >= 15 is 0 Å². The van der Waals surface area contributed by atoms with Crippen LogP contribution in [0.25, 0.3) is 16.3 Å². The van der Waals surface area contributed by atoms with Crippen LogP contribution in [0.2, 0.25) is 5.02 Å². The molecule has 0 amide bonds. The van der Waals surface area contributed by atoms with Gasteiger partial charge in [-0.3, -0.25) is 0 Å². The van der Waals surface area contributed by atoms with Crippen molar-refractivity contribution in [2.75, 3.05) is 0 Å². The molecule has 2 nitrogen and oxygen atoms in total. The van der Waals surface area contributed by atoms with E-state index in [2.05, 4.69) is 13.0 Å². The minimum absolute atomic E-state index is 0.264. The fraction of sp³-hybridized carbons (Fsp3) is 0.300. The van der Waals surface area contributed by atoms with Gasteiger partial charge < -0.3 is 10.2 Å². The Morgan fingerprint density at radius 2 is 2.04 bits per heavy atom. The summed E-state index contributed by atoms with van der Waals surface area (Å²) in [6, 6.07) is 5.39. The average molecular weight is 327 g/mol. The van der Waals surface area contributed by atoms with Crippen molar-refractivity contribution in [3.8, 4) is 5.75 Å². The molecular formula is C20H19ClO2. The SMILES string of the molecule is CCc1c2c(c(Cl)c3ccc(O)cc13)C1=CCC(C)(O)C=C1C2. The number of hydrogen-bond acceptors (Lipinski definition) is 2. The number of allylic oxidation sites excluding steroid dienone is 2. The van der Waals surface area contributed by atoms with Gasteiger partial charge in [-0.1, -0.05) is 24.6 Å². The van der Waals surface area contributed by atoms with E-state index in [1.165, 1.54) is 16.7 Å². The fourth-order valence-corrected chi connectivity index (χ4v) is 4.37. The van der Waals surface area contributed by atoms with Crippen LogP contribution in [0.15, 0.2) is 35.9 Å². The van der Waals surface area contributed by atoms with Crippen molar-refractivity contribution in [1.29, 1.82) is 0 Å². The van der Waals surface area contributed by atoms with Crippen molar-refractivity contribution in [3.63, 3.8) is 0 Å². The van der Waals surface area contributed by atoms with Gasteiger partial charge in [-0.15, -0.1) is 0 Å². The zero-order chi connectivity index (χ0) is 16.4. The lowest BCUT2D eigenvalue weighted by Crippen LogP contribution is -2.22. The molecule has 3 heteroatoms. The van der Waals surface area contributed by atoms with Gasteiger partial charge in [0, 0.05) is 10.9 Å². The standard InChI is InChI=1S/C20H19ClO2/c1-3-13-16-9-12(22)4-5-15(16)19(21)18-14-6-7-20(2,23)10-11(14)8-17(13)18/h4-6,9-10,22-23H,3,7-8H2,1-2H3. The Kier molecular flexibility index (Phi) is 3.13. The van der Waals surface area contributed by atoms with Crippen LogP contribution in [0.5, 0.6) is 5.75 Å². The summed E-state index contributed by atoms with van der Waals surface area (Å²) in [6.45, 7) is 3.97. The number of rotatable bonds is 1. The van der Waals surface area contributed by atoms with Crippen LogP contribution in [0.4, 0.5) is 0 Å². The molecule has 2 N–H and O–H groups in total. The number of phenols is 1. The summed E-state index contributed by atoms with van der Waals surface area (Å²) in [5, 5.41) is 23.0. The van der Waals surface area contributed by atoms with E-state index < -0.39 is 5.60 Å². The lowest BCUT2D eigenvalue weighted by molar-refractivity contribution is 0.113. The van der Waals surface area contributed by atoms with E-state index in [9.17, 15) is 10.2 Å². The first-order chi connectivity index (χ1) is 10.9. The van der Waals surface area contributed by atoms with Crippen LogP contribution < -0.4 is 0 Å². The van der Waals surface area contributed by atoms with Crippen LogP contribution in [-0.2, 0) is 12.8 Å². The third-order valence-corrected chi connectivity index (χ3v) is 5.38. The van der Waals surface area contributed by atoms with Gasteiger partial charge in [-0.25, -0.2) is 0 Å². The second-order valence-electron chi connectivity index (χ2n) is 6.75. The van der Waals surface area contributed by atoms with Crippen LogP contribution in [0.3, 0.4) is 0 Å². The fourth-order valence-electron chi connectivity index (χ4n) is 3.98. The molecule has 0 bridgehead atoms. The molecular weight excluding hydrogens is 308 g/mol. The van der Waals surface area contributed by atoms with Crippen LogP contribution in [0, 0.1) is 0 Å². The molecule has 0 heterocycles. The highest BCUT2D eigenvalue weighted by Crippen LogP contribution is 2.49. The number of halogens is 1. The highest BCUT2D eigenvalue weighted by molar-refractivity contribution is 6.38. The number of aliphatic hydroxyl groups is 1. The number of fused-ring (bicyclic) bond motifs is 4. The molecule has 2 aliphatic rings. The van der Waals surface area contributed by atoms with Gasteiger partial charge >= 0.3 is 0 Å². The first-order valence-electron chi connectivity index (χ1n) is 8.02. The van der Waals surface area contributed by atoms with Crippen molar-refractivity contribution in [3.05, 3.63) is 57.6 Å². The van der Waals surface area contributed by atoms with Crippen molar-refractivity contribution < 1.29 is 10.2 Å². The van der Waals surface area contributed by atoms with Gasteiger partial charge in [-0.2, -0.15) is 0 Å². The molecule has 0 saturated heterocycles. The molecule has 2 aromatic rings. The monoisotopic (exact) mass is 326 g/mol. The molecule has 0 spiro atoms. The highest BCUT2D eigenvalue weighted by Gasteiger charge is 2.33. The van der Waals surface area contributed by atoms with Crippen LogP contribution in [-0.4, -0.2) is 15.8 Å². The van der Waals surface area contributed by atoms with Gasteiger partial charge in [-0.05, 0) is 78.1 Å². The predicted molar refractivity (Wildman–Crippen MR) is 95.0 cm³/mol. The average Bonchev–Trinajstić information content (AvgIpc) is 2.84. The van der Waals surface area contributed by atoms with E-state index in [0.717, 1.165) is 39.8 Å². The maximum absolute atomic E-state index is 10.3. The van der Waals surface area contributed by atoms with Crippen molar-refractivity contribution in [2.24, 2.45) is 0 Å². The first-order valence-corrected chi connectivity index (χ1v) is 8.40. The number of hydrogen-bond donors (Lipinski definition) is 2. The molecule has 0 aromatic heterocycles. The van der Waals surface area contributed by atoms with Gasteiger partial charge in [0.2, 0.25) is 0 Å². The highest BCUT2D eigenvalue weighted by atomic mass is 35.5. The molecule has 0 saturated carbocycles. The van der Waals surface area contributed by atoms with Gasteiger partial charge in [0.15, 0.2) is 0 Å². The molecule has 1 unspecified atom stereocenters. The Morgan fingerprint density at radius 1 is 1.26 bits per heavy atom. The maximum Gasteiger partial charge on any atom is 0.116 e. The minimum atomic E-state index is -0.780. The summed E-state index contributed by atoms with van der Waals surface area (Å²) in [5.41, 5.74) is 5.14. The van der Waals surface area contributed by atoms with Crippen molar-refractivity contribution >= 4 is 27.9 Å². The quantitative estimate of drug-likeness (QED) is 0.791. The van der Waals surface area contributed by atoms with Gasteiger partial charge in [0.25, 0.3) is 0 Å². The molecule has 23 heavy (non-hydrogen) atoms. The van der Waals surface area contributed by atoms with Crippen molar-refractivity contribution in [1.82, 2.24) is 0 Å². The molecule has 0 aliphatic heterocycles. The largest absolute Gasteiger partial charge is 0.508 e. The first kappa shape index (κ1) is 14.8. The van der Waals surface area contributed by atoms with Gasteiger partial charge in [0.05, 0.1) is 10.6 Å². The smallest absolute Gasteiger partial charge is 0.116 e. The van der Waals surface area contributed by atoms with Crippen molar-refractivity contribution in [2.45, 2.75) is 38.7 Å². The Labute approximate surface area is 140 Å². The van der Waals surface area contributed by atoms with E-state index in [4.69, 9.17) is 11.6 Å². The molecule has 1 atom stereocenters. The van der Waals surface area contributed by atoms with Gasteiger partial charge in [0.1, 0.15) is 5.75 Å². The normalized spacial score (nSPS) is 22.6. The molecule has 0 radical (unpaired) electrons. The lowest BCUT2D eigenvalue weighted by atomic mass is 9.88. The van der Waals surface area contributed by atoms with Crippen LogP contribution in [0.1, 0.15) is 37.0 Å². The second-order valence-corrected chi connectivity index (χ2v) is 7.13. The number of benzene rings is 2. The number of phenolic OH excluding ortho intramolecular Hbond substituents is 1. The zero-order valence-electron chi connectivity index (χ0n) is 13.3. The van der Waals surface area contributed by atoms with E-state index in [1.807, 2.05) is 19.1 Å². The topological polar surface area (TPSA) is 40.5 Å². The summed E-state index contributed by atoms with van der Waals surface area (Å²) < 4.78 is 0. The maximum atomic E-state index is 10.3. The summed E-state index contributed by atoms with van der Waals surface area (Å²) in [6.07, 6.45) is 6.37. The Morgan fingerprint density at radius 3 is 2.78 bits per heavy atom. The molecule has 118 valence electrons. The molecule has 2 aromatic carbocycles. The summed E-state index contributed by atoms with van der Waals surface area (Å²) in [7, 11) is 0. The third kappa shape index (κ3) is 2.13. The Balaban J connectivity index is 2.07. The third-order valence-electron chi connectivity index (χ3n) is 4.99.